The predicted molar refractivity (Wildman–Crippen MR) is 116 cm³/mol. The Morgan fingerprint density at radius 3 is 1.96 bits per heavy atom. The van der Waals surface area contributed by atoms with Gasteiger partial charge in [-0.2, -0.15) is 0 Å². The van der Waals surface area contributed by atoms with Crippen LogP contribution in [0.5, 0.6) is 0 Å². The lowest BCUT2D eigenvalue weighted by molar-refractivity contribution is 0.101. The van der Waals surface area contributed by atoms with Gasteiger partial charge < -0.3 is 15.7 Å². The maximum atomic E-state index is 12.3. The molecule has 3 rings (SSSR count). The van der Waals surface area contributed by atoms with E-state index in [1.54, 1.807) is 48.5 Å². The fourth-order valence-corrected chi connectivity index (χ4v) is 2.97. The quantitative estimate of drug-likeness (QED) is 0.429. The molecule has 0 saturated heterocycles. The van der Waals surface area contributed by atoms with E-state index in [9.17, 15) is 9.90 Å². The van der Waals surface area contributed by atoms with Crippen molar-refractivity contribution < 1.29 is 9.90 Å². The zero-order chi connectivity index (χ0) is 19.9. The number of rotatable bonds is 8. The van der Waals surface area contributed by atoms with Crippen molar-refractivity contribution in [2.24, 2.45) is 0 Å². The van der Waals surface area contributed by atoms with Gasteiger partial charge in [-0.25, -0.2) is 0 Å². The number of halogens is 2. The summed E-state index contributed by atoms with van der Waals surface area (Å²) < 4.78 is 0. The summed E-state index contributed by atoms with van der Waals surface area (Å²) in [7, 11) is 0. The minimum absolute atomic E-state index is 0.0346. The van der Waals surface area contributed by atoms with E-state index in [0.717, 1.165) is 16.9 Å². The molecule has 0 fully saturated rings. The van der Waals surface area contributed by atoms with Crippen molar-refractivity contribution in [3.8, 4) is 0 Å². The molecule has 3 aromatic rings. The van der Waals surface area contributed by atoms with Gasteiger partial charge in [-0.1, -0.05) is 47.5 Å². The van der Waals surface area contributed by atoms with Crippen LogP contribution in [0.25, 0.3) is 0 Å². The van der Waals surface area contributed by atoms with E-state index >= 15 is 0 Å². The first-order valence-corrected chi connectivity index (χ1v) is 9.57. The second kappa shape index (κ2) is 9.60. The zero-order valence-electron chi connectivity index (χ0n) is 15.0. The average molecular weight is 415 g/mol. The Morgan fingerprint density at radius 1 is 0.821 bits per heavy atom. The molecule has 0 spiro atoms. The van der Waals surface area contributed by atoms with E-state index < -0.39 is 6.10 Å². The van der Waals surface area contributed by atoms with Crippen LogP contribution in [0.4, 0.5) is 11.4 Å². The highest BCUT2D eigenvalue weighted by molar-refractivity contribution is 6.30. The van der Waals surface area contributed by atoms with Crippen molar-refractivity contribution in [3.05, 3.63) is 94.0 Å². The molecule has 4 nitrogen and oxygen atoms in total. The van der Waals surface area contributed by atoms with E-state index in [4.69, 9.17) is 23.2 Å². The Bertz CT molecular complexity index is 928. The number of carbonyl (C=O) groups excluding carboxylic acids is 1. The highest BCUT2D eigenvalue weighted by atomic mass is 35.5. The van der Waals surface area contributed by atoms with Crippen molar-refractivity contribution in [2.75, 3.05) is 23.7 Å². The Kier molecular flexibility index (Phi) is 6.93. The Labute approximate surface area is 174 Å². The fourth-order valence-electron chi connectivity index (χ4n) is 2.71. The lowest BCUT2D eigenvalue weighted by atomic mass is 10.1. The number of hydrogen-bond donors (Lipinski definition) is 3. The highest BCUT2D eigenvalue weighted by Gasteiger charge is 2.10. The number of para-hydroxylation sites is 2. The summed E-state index contributed by atoms with van der Waals surface area (Å²) in [6.45, 7) is 0.478. The number of anilines is 2. The van der Waals surface area contributed by atoms with Gasteiger partial charge in [-0.15, -0.1) is 0 Å². The van der Waals surface area contributed by atoms with E-state index in [1.807, 2.05) is 24.3 Å². The molecule has 6 heteroatoms. The number of aliphatic hydroxyl groups excluding tert-OH is 1. The van der Waals surface area contributed by atoms with Gasteiger partial charge in [0.05, 0.1) is 24.0 Å². The SMILES string of the molecule is O=C(CNc1ccccc1NCC(O)c1ccc(Cl)cc1)c1ccc(Cl)cc1. The standard InChI is InChI=1S/C22H20Cl2N2O2/c23-17-9-5-15(6-10-17)21(27)13-25-19-3-1-2-4-20(19)26-14-22(28)16-7-11-18(24)12-8-16/h1-12,21,25-27H,13-14H2. The summed E-state index contributed by atoms with van der Waals surface area (Å²) >= 11 is 11.7. The van der Waals surface area contributed by atoms with E-state index in [1.165, 1.54) is 0 Å². The van der Waals surface area contributed by atoms with Crippen molar-refractivity contribution in [1.82, 2.24) is 0 Å². The molecule has 0 saturated carbocycles. The van der Waals surface area contributed by atoms with E-state index in [2.05, 4.69) is 10.6 Å². The van der Waals surface area contributed by atoms with Crippen LogP contribution in [0.15, 0.2) is 72.8 Å². The number of benzene rings is 3. The van der Waals surface area contributed by atoms with Gasteiger partial charge in [0.25, 0.3) is 0 Å². The minimum Gasteiger partial charge on any atom is -0.387 e. The Morgan fingerprint density at radius 2 is 1.36 bits per heavy atom. The van der Waals surface area contributed by atoms with Crippen molar-refractivity contribution in [1.29, 1.82) is 0 Å². The van der Waals surface area contributed by atoms with Crippen LogP contribution < -0.4 is 10.6 Å². The second-order valence-corrected chi connectivity index (χ2v) is 7.15. The Hall–Kier alpha value is -2.53. The van der Waals surface area contributed by atoms with Crippen LogP contribution in [0, 0.1) is 0 Å². The molecular formula is C22H20Cl2N2O2. The molecule has 1 atom stereocenters. The summed E-state index contributed by atoms with van der Waals surface area (Å²) in [5.74, 6) is -0.0346. The third kappa shape index (κ3) is 5.49. The molecule has 0 heterocycles. The maximum Gasteiger partial charge on any atom is 0.181 e. The second-order valence-electron chi connectivity index (χ2n) is 6.28. The lowest BCUT2D eigenvalue weighted by Crippen LogP contribution is -2.17. The van der Waals surface area contributed by atoms with Crippen LogP contribution in [-0.4, -0.2) is 24.0 Å². The van der Waals surface area contributed by atoms with Crippen molar-refractivity contribution in [2.45, 2.75) is 6.10 Å². The van der Waals surface area contributed by atoms with Gasteiger partial charge in [-0.05, 0) is 54.1 Å². The third-order valence-electron chi connectivity index (χ3n) is 4.27. The molecule has 0 bridgehead atoms. The molecule has 144 valence electrons. The third-order valence-corrected chi connectivity index (χ3v) is 4.78. The van der Waals surface area contributed by atoms with Gasteiger partial charge in [0.2, 0.25) is 0 Å². The van der Waals surface area contributed by atoms with Crippen LogP contribution >= 0.6 is 23.2 Å². The topological polar surface area (TPSA) is 61.4 Å². The first-order chi connectivity index (χ1) is 13.5. The molecule has 0 aliphatic carbocycles. The van der Waals surface area contributed by atoms with Gasteiger partial charge in [0.1, 0.15) is 0 Å². The largest absolute Gasteiger partial charge is 0.387 e. The summed E-state index contributed by atoms with van der Waals surface area (Å²) in [5, 5.41) is 18.0. The molecule has 1 unspecified atom stereocenters. The van der Waals surface area contributed by atoms with Gasteiger partial charge in [0.15, 0.2) is 5.78 Å². The van der Waals surface area contributed by atoms with Crippen LogP contribution in [0.3, 0.4) is 0 Å². The van der Waals surface area contributed by atoms with Crippen LogP contribution in [-0.2, 0) is 0 Å². The number of ketones is 1. The lowest BCUT2D eigenvalue weighted by Gasteiger charge is -2.17. The molecule has 0 aliphatic rings. The van der Waals surface area contributed by atoms with Crippen molar-refractivity contribution >= 4 is 40.4 Å². The first kappa shape index (κ1) is 20.2. The first-order valence-electron chi connectivity index (χ1n) is 8.82. The number of Topliss-reactive ketones (excluding diaryl/α,β-unsaturated/α-hetero) is 1. The molecule has 28 heavy (non-hydrogen) atoms. The number of hydrogen-bond acceptors (Lipinski definition) is 4. The zero-order valence-corrected chi connectivity index (χ0v) is 16.5. The fraction of sp³-hybridized carbons (Fsp3) is 0.136. The molecule has 3 N–H and O–H groups in total. The van der Waals surface area contributed by atoms with E-state index in [-0.39, 0.29) is 12.3 Å². The summed E-state index contributed by atoms with van der Waals surface area (Å²) in [6, 6.07) is 21.4. The average Bonchev–Trinajstić information content (AvgIpc) is 2.72. The summed E-state index contributed by atoms with van der Waals surface area (Å²) in [4.78, 5) is 12.3. The monoisotopic (exact) mass is 414 g/mol. The predicted octanol–water partition coefficient (Wildman–Crippen LogP) is 5.43. The summed E-state index contributed by atoms with van der Waals surface area (Å²) in [6.07, 6.45) is -0.680. The van der Waals surface area contributed by atoms with Crippen LogP contribution in [0.1, 0.15) is 22.0 Å². The van der Waals surface area contributed by atoms with Gasteiger partial charge >= 0.3 is 0 Å². The molecule has 0 radical (unpaired) electrons. The number of aliphatic hydroxyl groups is 1. The van der Waals surface area contributed by atoms with Crippen molar-refractivity contribution in [3.63, 3.8) is 0 Å². The van der Waals surface area contributed by atoms with Gasteiger partial charge in [-0.3, -0.25) is 4.79 Å². The maximum absolute atomic E-state index is 12.3. The molecule has 3 aromatic carbocycles. The molecular weight excluding hydrogens is 395 g/mol. The number of nitrogens with one attached hydrogen (secondary N) is 2. The highest BCUT2D eigenvalue weighted by Crippen LogP contribution is 2.23. The molecule has 0 aromatic heterocycles. The summed E-state index contributed by atoms with van der Waals surface area (Å²) in [5.41, 5.74) is 2.97. The Balaban J connectivity index is 1.60. The minimum atomic E-state index is -0.680. The molecule has 0 aliphatic heterocycles. The van der Waals surface area contributed by atoms with E-state index in [0.29, 0.717) is 22.2 Å². The molecule has 0 amide bonds. The number of carbonyl (C=O) groups is 1. The normalized spacial score (nSPS) is 11.7. The van der Waals surface area contributed by atoms with Crippen LogP contribution in [0.2, 0.25) is 10.0 Å². The van der Waals surface area contributed by atoms with Gasteiger partial charge in [0, 0.05) is 22.2 Å². The smallest absolute Gasteiger partial charge is 0.181 e.